The Morgan fingerprint density at radius 3 is 2.75 bits per heavy atom. The lowest BCUT2D eigenvalue weighted by Crippen LogP contribution is -1.96. The normalized spacial score (nSPS) is 10.4. The van der Waals surface area contributed by atoms with E-state index in [-0.39, 0.29) is 5.69 Å². The van der Waals surface area contributed by atoms with E-state index in [9.17, 15) is 4.79 Å². The topological polar surface area (TPSA) is 63.3 Å². The number of carbonyl (C=O) groups is 1. The van der Waals surface area contributed by atoms with Crippen molar-refractivity contribution in [2.75, 3.05) is 0 Å². The van der Waals surface area contributed by atoms with Gasteiger partial charge in [0.15, 0.2) is 5.69 Å². The number of aryl methyl sites for hydroxylation is 1. The number of hydrogen-bond acceptors (Lipinski definition) is 3. The highest BCUT2D eigenvalue weighted by atomic mass is 16.4. The predicted octanol–water partition coefficient (Wildman–Crippen LogP) is 2.66. The van der Waals surface area contributed by atoms with Crippen LogP contribution < -0.4 is 0 Å². The molecule has 2 rings (SSSR count). The summed E-state index contributed by atoms with van der Waals surface area (Å²) in [5, 5.41) is 8.75. The molecule has 1 aromatic carbocycles. The Kier molecular flexibility index (Phi) is 2.48. The third kappa shape index (κ3) is 1.69. The number of benzene rings is 1. The van der Waals surface area contributed by atoms with E-state index in [0.717, 1.165) is 23.0 Å². The Balaban J connectivity index is 2.50. The van der Waals surface area contributed by atoms with Crippen molar-refractivity contribution >= 4 is 5.97 Å². The number of nitrogens with zero attached hydrogens (tertiary/aromatic N) is 1. The van der Waals surface area contributed by atoms with E-state index >= 15 is 0 Å². The SMILES string of the molecule is Cc1cccc(-c2nc(C(=O)O)co2)c1C. The average molecular weight is 217 g/mol. The minimum absolute atomic E-state index is 0.0732. The van der Waals surface area contributed by atoms with E-state index in [0.29, 0.717) is 5.89 Å². The van der Waals surface area contributed by atoms with E-state index in [1.807, 2.05) is 32.0 Å². The second-order valence-electron chi connectivity index (χ2n) is 3.59. The summed E-state index contributed by atoms with van der Waals surface area (Å²) >= 11 is 0. The number of carboxylic acids is 1. The smallest absolute Gasteiger partial charge is 0.357 e. The van der Waals surface area contributed by atoms with E-state index < -0.39 is 5.97 Å². The molecule has 82 valence electrons. The summed E-state index contributed by atoms with van der Waals surface area (Å²) in [5.74, 6) is -0.737. The van der Waals surface area contributed by atoms with Crippen LogP contribution in [0.5, 0.6) is 0 Å². The van der Waals surface area contributed by atoms with Crippen LogP contribution >= 0.6 is 0 Å². The van der Waals surface area contributed by atoms with Crippen molar-refractivity contribution in [1.29, 1.82) is 0 Å². The zero-order valence-electron chi connectivity index (χ0n) is 9.02. The van der Waals surface area contributed by atoms with Crippen LogP contribution in [0.15, 0.2) is 28.9 Å². The first kappa shape index (κ1) is 10.4. The van der Waals surface area contributed by atoms with Crippen molar-refractivity contribution in [2.24, 2.45) is 0 Å². The second kappa shape index (κ2) is 3.81. The molecule has 0 aliphatic heterocycles. The number of hydrogen-bond donors (Lipinski definition) is 1. The molecule has 0 saturated carbocycles. The first-order chi connectivity index (χ1) is 7.59. The molecule has 0 amide bonds. The van der Waals surface area contributed by atoms with Crippen molar-refractivity contribution in [3.8, 4) is 11.5 Å². The van der Waals surface area contributed by atoms with Crippen molar-refractivity contribution in [3.05, 3.63) is 41.3 Å². The molecule has 0 bridgehead atoms. The van der Waals surface area contributed by atoms with Crippen LogP contribution in [-0.4, -0.2) is 16.1 Å². The highest BCUT2D eigenvalue weighted by molar-refractivity contribution is 5.85. The lowest BCUT2D eigenvalue weighted by atomic mass is 10.0. The first-order valence-corrected chi connectivity index (χ1v) is 4.85. The van der Waals surface area contributed by atoms with Crippen molar-refractivity contribution in [2.45, 2.75) is 13.8 Å². The summed E-state index contributed by atoms with van der Waals surface area (Å²) < 4.78 is 5.16. The summed E-state index contributed by atoms with van der Waals surface area (Å²) in [6.45, 7) is 3.94. The van der Waals surface area contributed by atoms with Crippen molar-refractivity contribution < 1.29 is 14.3 Å². The quantitative estimate of drug-likeness (QED) is 0.839. The molecule has 1 N–H and O–H groups in total. The maximum absolute atomic E-state index is 10.7. The minimum atomic E-state index is -1.08. The molecular formula is C12H11NO3. The molecule has 0 aliphatic rings. The standard InChI is InChI=1S/C12H11NO3/c1-7-4-3-5-9(8(7)2)11-13-10(6-16-11)12(14)15/h3-6H,1-2H3,(H,14,15). The molecule has 0 saturated heterocycles. The van der Waals surface area contributed by atoms with Crippen LogP contribution in [0.4, 0.5) is 0 Å². The summed E-state index contributed by atoms with van der Waals surface area (Å²) in [6.07, 6.45) is 1.15. The molecule has 16 heavy (non-hydrogen) atoms. The van der Waals surface area contributed by atoms with Gasteiger partial charge in [0.1, 0.15) is 6.26 Å². The highest BCUT2D eigenvalue weighted by Crippen LogP contribution is 2.24. The lowest BCUT2D eigenvalue weighted by molar-refractivity contribution is 0.0690. The maximum Gasteiger partial charge on any atom is 0.357 e. The summed E-state index contributed by atoms with van der Waals surface area (Å²) in [5.41, 5.74) is 2.91. The van der Waals surface area contributed by atoms with E-state index in [2.05, 4.69) is 4.98 Å². The van der Waals surface area contributed by atoms with Crippen LogP contribution in [0.2, 0.25) is 0 Å². The van der Waals surface area contributed by atoms with Gasteiger partial charge in [0.2, 0.25) is 5.89 Å². The molecule has 0 radical (unpaired) electrons. The number of aromatic carboxylic acids is 1. The Bertz CT molecular complexity index is 543. The molecule has 0 unspecified atom stereocenters. The van der Waals surface area contributed by atoms with Gasteiger partial charge in [0, 0.05) is 5.56 Å². The fourth-order valence-electron chi connectivity index (χ4n) is 1.48. The molecule has 0 aliphatic carbocycles. The fraction of sp³-hybridized carbons (Fsp3) is 0.167. The molecule has 1 heterocycles. The number of carboxylic acid groups (broad SMARTS) is 1. The first-order valence-electron chi connectivity index (χ1n) is 4.85. The van der Waals surface area contributed by atoms with Gasteiger partial charge in [-0.3, -0.25) is 0 Å². The number of aromatic nitrogens is 1. The van der Waals surface area contributed by atoms with Gasteiger partial charge < -0.3 is 9.52 Å². The zero-order chi connectivity index (χ0) is 11.7. The molecule has 4 nitrogen and oxygen atoms in total. The molecule has 0 fully saturated rings. The second-order valence-corrected chi connectivity index (χ2v) is 3.59. The lowest BCUT2D eigenvalue weighted by Gasteiger charge is -2.03. The van der Waals surface area contributed by atoms with E-state index in [4.69, 9.17) is 9.52 Å². The zero-order valence-corrected chi connectivity index (χ0v) is 9.02. The van der Waals surface area contributed by atoms with Crippen LogP contribution in [0.1, 0.15) is 21.6 Å². The third-order valence-corrected chi connectivity index (χ3v) is 2.56. The van der Waals surface area contributed by atoms with Gasteiger partial charge in [0.05, 0.1) is 0 Å². The van der Waals surface area contributed by atoms with Gasteiger partial charge in [-0.1, -0.05) is 12.1 Å². The summed E-state index contributed by atoms with van der Waals surface area (Å²) in [7, 11) is 0. The monoisotopic (exact) mass is 217 g/mol. The van der Waals surface area contributed by atoms with Gasteiger partial charge in [-0.15, -0.1) is 0 Å². The van der Waals surface area contributed by atoms with Gasteiger partial charge in [-0.05, 0) is 31.0 Å². The number of rotatable bonds is 2. The largest absolute Gasteiger partial charge is 0.476 e. The molecule has 1 aromatic heterocycles. The highest BCUT2D eigenvalue weighted by Gasteiger charge is 2.13. The van der Waals surface area contributed by atoms with Gasteiger partial charge >= 0.3 is 5.97 Å². The Morgan fingerprint density at radius 1 is 1.38 bits per heavy atom. The molecule has 2 aromatic rings. The molecule has 4 heteroatoms. The van der Waals surface area contributed by atoms with Gasteiger partial charge in [-0.25, -0.2) is 9.78 Å². The fourth-order valence-corrected chi connectivity index (χ4v) is 1.48. The Hall–Kier alpha value is -2.10. The predicted molar refractivity (Wildman–Crippen MR) is 58.4 cm³/mol. The third-order valence-electron chi connectivity index (χ3n) is 2.56. The van der Waals surface area contributed by atoms with E-state index in [1.54, 1.807) is 0 Å². The summed E-state index contributed by atoms with van der Waals surface area (Å²) in [4.78, 5) is 14.6. The average Bonchev–Trinajstić information content (AvgIpc) is 2.71. The Labute approximate surface area is 92.6 Å². The van der Waals surface area contributed by atoms with Gasteiger partial charge in [0.25, 0.3) is 0 Å². The molecule has 0 spiro atoms. The van der Waals surface area contributed by atoms with Gasteiger partial charge in [-0.2, -0.15) is 0 Å². The van der Waals surface area contributed by atoms with Crippen LogP contribution in [0.25, 0.3) is 11.5 Å². The minimum Gasteiger partial charge on any atom is -0.476 e. The van der Waals surface area contributed by atoms with Crippen LogP contribution in [0, 0.1) is 13.8 Å². The Morgan fingerprint density at radius 2 is 2.12 bits per heavy atom. The number of oxazole rings is 1. The van der Waals surface area contributed by atoms with Crippen LogP contribution in [0.3, 0.4) is 0 Å². The van der Waals surface area contributed by atoms with Crippen molar-refractivity contribution in [3.63, 3.8) is 0 Å². The summed E-state index contributed by atoms with van der Waals surface area (Å²) in [6, 6.07) is 5.74. The molecule has 0 atom stereocenters. The maximum atomic E-state index is 10.7. The van der Waals surface area contributed by atoms with Crippen molar-refractivity contribution in [1.82, 2.24) is 4.98 Å². The molecular weight excluding hydrogens is 206 g/mol. The van der Waals surface area contributed by atoms with E-state index in [1.165, 1.54) is 0 Å². The van der Waals surface area contributed by atoms with Crippen LogP contribution in [-0.2, 0) is 0 Å².